The lowest BCUT2D eigenvalue weighted by molar-refractivity contribution is 0.558. The Bertz CT molecular complexity index is 70.6. The summed E-state index contributed by atoms with van der Waals surface area (Å²) in [5.41, 5.74) is 0. The Morgan fingerprint density at radius 1 is 1.25 bits per heavy atom. The maximum Gasteiger partial charge on any atom is 0.186 e. The second-order valence-corrected chi connectivity index (χ2v) is 1.80. The smallest absolute Gasteiger partial charge is 0.186 e. The molecule has 1 nitrogen and oxygen atoms in total. The summed E-state index contributed by atoms with van der Waals surface area (Å²) in [6.45, 7) is 9.09. The van der Waals surface area contributed by atoms with Gasteiger partial charge >= 0.3 is 0 Å². The monoisotopic (exact) mass is 109 g/mol. The molecule has 0 saturated carbocycles. The zero-order valence-corrected chi connectivity index (χ0v) is 5.43. The Morgan fingerprint density at radius 2 is 1.62 bits per heavy atom. The van der Waals surface area contributed by atoms with E-state index < -0.39 is 0 Å². The van der Waals surface area contributed by atoms with Gasteiger partial charge in [0.2, 0.25) is 0 Å². The third-order valence-electron chi connectivity index (χ3n) is 0.882. The molecule has 0 aromatic carbocycles. The summed E-state index contributed by atoms with van der Waals surface area (Å²) >= 11 is 0. The average molecular weight is 109 g/mol. The fraction of sp³-hybridized carbons (Fsp3) is 0.333. The maximum absolute atomic E-state index is 3.61. The number of nitrogens with zero attached hydrogens (tertiary/aromatic N) is 1. The average Bonchev–Trinajstić information content (AvgIpc) is 1.68. The Labute approximate surface area is 52.1 Å². The molecule has 0 rings (SSSR count). The highest BCUT2D eigenvalue weighted by atomic mass is 15.0. The van der Waals surface area contributed by atoms with Gasteiger partial charge in [-0.05, 0) is 0 Å². The quantitative estimate of drug-likeness (QED) is 0.368. The largest absolute Gasteiger partial charge is 0.342 e. The Hall–Kier alpha value is -0.495. The SMILES string of the molecule is BN(CC=C)CC=C. The van der Waals surface area contributed by atoms with E-state index in [1.807, 2.05) is 20.1 Å². The molecular formula is C6H12BN. The number of hydrogen-bond donors (Lipinski definition) is 0. The highest BCUT2D eigenvalue weighted by Crippen LogP contribution is 1.78. The molecule has 0 amide bonds. The van der Waals surface area contributed by atoms with Crippen molar-refractivity contribution in [3.8, 4) is 0 Å². The molecule has 0 fully saturated rings. The second-order valence-electron chi connectivity index (χ2n) is 1.80. The molecule has 0 radical (unpaired) electrons. The molecule has 8 heavy (non-hydrogen) atoms. The standard InChI is InChI=1S/C6H12BN/c1-3-5-8(7)6-4-2/h3-4H,1-2,5-7H2. The second kappa shape index (κ2) is 4.66. The van der Waals surface area contributed by atoms with Gasteiger partial charge in [-0.15, -0.1) is 13.2 Å². The minimum Gasteiger partial charge on any atom is -0.342 e. The van der Waals surface area contributed by atoms with Gasteiger partial charge in [0.25, 0.3) is 0 Å². The van der Waals surface area contributed by atoms with Crippen LogP contribution >= 0.6 is 0 Å². The third kappa shape index (κ3) is 3.69. The summed E-state index contributed by atoms with van der Waals surface area (Å²) in [4.78, 5) is 2.12. The van der Waals surface area contributed by atoms with Gasteiger partial charge in [0, 0.05) is 13.1 Å². The summed E-state index contributed by atoms with van der Waals surface area (Å²) in [7, 11) is 2.03. The molecule has 0 aromatic rings. The van der Waals surface area contributed by atoms with Crippen LogP contribution in [0.2, 0.25) is 0 Å². The topological polar surface area (TPSA) is 3.24 Å². The Kier molecular flexibility index (Phi) is 4.37. The number of rotatable bonds is 4. The van der Waals surface area contributed by atoms with Crippen molar-refractivity contribution in [2.75, 3.05) is 13.1 Å². The first-order valence-corrected chi connectivity index (χ1v) is 2.71. The molecule has 0 unspecified atom stereocenters. The summed E-state index contributed by atoms with van der Waals surface area (Å²) in [6.07, 6.45) is 3.76. The lowest BCUT2D eigenvalue weighted by atomic mass is 10.3. The fourth-order valence-corrected chi connectivity index (χ4v) is 0.515. The van der Waals surface area contributed by atoms with E-state index in [2.05, 4.69) is 18.0 Å². The van der Waals surface area contributed by atoms with Crippen LogP contribution in [0.15, 0.2) is 25.3 Å². The highest BCUT2D eigenvalue weighted by molar-refractivity contribution is 6.04. The maximum atomic E-state index is 3.61. The van der Waals surface area contributed by atoms with Gasteiger partial charge in [-0.25, -0.2) is 0 Å². The van der Waals surface area contributed by atoms with Gasteiger partial charge in [0.1, 0.15) is 0 Å². The van der Waals surface area contributed by atoms with E-state index >= 15 is 0 Å². The molecule has 2 heteroatoms. The molecule has 0 aromatic heterocycles. The Balaban J connectivity index is 3.16. The van der Waals surface area contributed by atoms with Crippen LogP contribution in [-0.4, -0.2) is 25.9 Å². The molecular weight excluding hydrogens is 96.9 g/mol. The van der Waals surface area contributed by atoms with Crippen LogP contribution in [0.1, 0.15) is 0 Å². The summed E-state index contributed by atoms with van der Waals surface area (Å²) in [5.74, 6) is 0. The number of hydrogen-bond acceptors (Lipinski definition) is 1. The third-order valence-corrected chi connectivity index (χ3v) is 0.882. The summed E-state index contributed by atoms with van der Waals surface area (Å²) in [5, 5.41) is 0. The van der Waals surface area contributed by atoms with Crippen LogP contribution in [0.3, 0.4) is 0 Å². The minimum atomic E-state index is 0.937. The van der Waals surface area contributed by atoms with Crippen LogP contribution in [-0.2, 0) is 0 Å². The van der Waals surface area contributed by atoms with Gasteiger partial charge < -0.3 is 4.81 Å². The van der Waals surface area contributed by atoms with Crippen molar-refractivity contribution in [1.82, 2.24) is 4.81 Å². The molecule has 0 heterocycles. The lowest BCUT2D eigenvalue weighted by Crippen LogP contribution is -2.19. The van der Waals surface area contributed by atoms with Crippen LogP contribution in [0, 0.1) is 0 Å². The molecule has 0 aliphatic carbocycles. The zero-order chi connectivity index (χ0) is 6.41. The molecule has 0 aliphatic rings. The molecule has 0 spiro atoms. The fourth-order valence-electron chi connectivity index (χ4n) is 0.515. The van der Waals surface area contributed by atoms with Gasteiger partial charge in [-0.2, -0.15) is 0 Å². The lowest BCUT2D eigenvalue weighted by Gasteiger charge is -2.09. The van der Waals surface area contributed by atoms with Gasteiger partial charge in [-0.3, -0.25) is 0 Å². The molecule has 0 N–H and O–H groups in total. The van der Waals surface area contributed by atoms with Crippen LogP contribution in [0.5, 0.6) is 0 Å². The van der Waals surface area contributed by atoms with E-state index in [0.29, 0.717) is 0 Å². The predicted molar refractivity (Wildman–Crippen MR) is 40.5 cm³/mol. The van der Waals surface area contributed by atoms with Crippen molar-refractivity contribution in [3.05, 3.63) is 25.3 Å². The van der Waals surface area contributed by atoms with E-state index in [1.165, 1.54) is 0 Å². The Morgan fingerprint density at radius 3 is 1.88 bits per heavy atom. The first-order chi connectivity index (χ1) is 3.81. The van der Waals surface area contributed by atoms with Crippen molar-refractivity contribution in [2.45, 2.75) is 0 Å². The van der Waals surface area contributed by atoms with E-state index in [0.717, 1.165) is 13.1 Å². The summed E-state index contributed by atoms with van der Waals surface area (Å²) < 4.78 is 0. The predicted octanol–water partition coefficient (Wildman–Crippen LogP) is 0.208. The van der Waals surface area contributed by atoms with Crippen molar-refractivity contribution in [2.24, 2.45) is 0 Å². The van der Waals surface area contributed by atoms with E-state index in [4.69, 9.17) is 0 Å². The van der Waals surface area contributed by atoms with Crippen LogP contribution in [0.4, 0.5) is 0 Å². The normalized spacial score (nSPS) is 9.12. The van der Waals surface area contributed by atoms with E-state index in [9.17, 15) is 0 Å². The molecule has 0 bridgehead atoms. The van der Waals surface area contributed by atoms with Crippen molar-refractivity contribution >= 4 is 7.98 Å². The van der Waals surface area contributed by atoms with Crippen molar-refractivity contribution in [3.63, 3.8) is 0 Å². The van der Waals surface area contributed by atoms with E-state index in [1.54, 1.807) is 0 Å². The van der Waals surface area contributed by atoms with Crippen LogP contribution in [0.25, 0.3) is 0 Å². The zero-order valence-electron chi connectivity index (χ0n) is 5.43. The molecule has 0 aliphatic heterocycles. The van der Waals surface area contributed by atoms with Gasteiger partial charge in [0.15, 0.2) is 7.98 Å². The van der Waals surface area contributed by atoms with E-state index in [-0.39, 0.29) is 0 Å². The van der Waals surface area contributed by atoms with Gasteiger partial charge in [0.05, 0.1) is 0 Å². The van der Waals surface area contributed by atoms with Crippen molar-refractivity contribution in [1.29, 1.82) is 0 Å². The van der Waals surface area contributed by atoms with Gasteiger partial charge in [-0.1, -0.05) is 12.2 Å². The minimum absolute atomic E-state index is 0.937. The molecule has 0 saturated heterocycles. The summed E-state index contributed by atoms with van der Waals surface area (Å²) in [6, 6.07) is 0. The first kappa shape index (κ1) is 7.50. The molecule has 44 valence electrons. The van der Waals surface area contributed by atoms with Crippen LogP contribution < -0.4 is 0 Å². The first-order valence-electron chi connectivity index (χ1n) is 2.71. The highest BCUT2D eigenvalue weighted by Gasteiger charge is 1.86. The molecule has 0 atom stereocenters. The van der Waals surface area contributed by atoms with Crippen molar-refractivity contribution < 1.29 is 0 Å².